The molecule has 0 saturated heterocycles. The molecule has 0 aromatic heterocycles. The molecule has 0 fully saturated rings. The standard InChI is InChI=1S/C17H18F3N/c1-12(2)14-8-6-13(7-9-14)11-21-16-5-3-4-15(10-16)17(18,19)20/h3-10,12,21H,11H2,1-2H3. The number of hydrogen-bond donors (Lipinski definition) is 1. The lowest BCUT2D eigenvalue weighted by Gasteiger charge is -2.11. The van der Waals surface area contributed by atoms with Crippen LogP contribution in [0.4, 0.5) is 18.9 Å². The molecular formula is C17H18F3N. The predicted octanol–water partition coefficient (Wildman–Crippen LogP) is 5.44. The number of anilines is 1. The van der Waals surface area contributed by atoms with Crippen LogP contribution in [0, 0.1) is 0 Å². The number of hydrogen-bond acceptors (Lipinski definition) is 1. The molecule has 0 aliphatic rings. The lowest BCUT2D eigenvalue weighted by atomic mass is 10.0. The third-order valence-corrected chi connectivity index (χ3v) is 3.33. The second-order valence-electron chi connectivity index (χ2n) is 5.33. The van der Waals surface area contributed by atoms with Crippen LogP contribution in [-0.2, 0) is 12.7 Å². The van der Waals surface area contributed by atoms with Crippen molar-refractivity contribution in [3.8, 4) is 0 Å². The van der Waals surface area contributed by atoms with E-state index in [1.165, 1.54) is 11.6 Å². The Morgan fingerprint density at radius 2 is 1.67 bits per heavy atom. The van der Waals surface area contributed by atoms with Gasteiger partial charge in [-0.3, -0.25) is 0 Å². The van der Waals surface area contributed by atoms with Crippen LogP contribution in [0.1, 0.15) is 36.5 Å². The van der Waals surface area contributed by atoms with Gasteiger partial charge in [-0.15, -0.1) is 0 Å². The molecule has 0 aliphatic heterocycles. The van der Waals surface area contributed by atoms with Crippen LogP contribution < -0.4 is 5.32 Å². The van der Waals surface area contributed by atoms with Gasteiger partial charge >= 0.3 is 6.18 Å². The van der Waals surface area contributed by atoms with Gasteiger partial charge in [0.15, 0.2) is 0 Å². The first kappa shape index (κ1) is 15.4. The van der Waals surface area contributed by atoms with Crippen molar-refractivity contribution in [1.29, 1.82) is 0 Å². The Kier molecular flexibility index (Phi) is 4.56. The van der Waals surface area contributed by atoms with Crippen molar-refractivity contribution in [2.45, 2.75) is 32.5 Å². The second-order valence-corrected chi connectivity index (χ2v) is 5.33. The van der Waals surface area contributed by atoms with Gasteiger partial charge in [-0.05, 0) is 35.2 Å². The van der Waals surface area contributed by atoms with E-state index in [-0.39, 0.29) is 0 Å². The van der Waals surface area contributed by atoms with Crippen molar-refractivity contribution in [1.82, 2.24) is 0 Å². The van der Waals surface area contributed by atoms with Gasteiger partial charge in [0.2, 0.25) is 0 Å². The van der Waals surface area contributed by atoms with E-state index in [1.807, 2.05) is 24.3 Å². The summed E-state index contributed by atoms with van der Waals surface area (Å²) in [6.45, 7) is 4.74. The van der Waals surface area contributed by atoms with Crippen LogP contribution in [0.5, 0.6) is 0 Å². The van der Waals surface area contributed by atoms with Crippen molar-refractivity contribution in [2.24, 2.45) is 0 Å². The average Bonchev–Trinajstić information content (AvgIpc) is 2.45. The SMILES string of the molecule is CC(C)c1ccc(CNc2cccc(C(F)(F)F)c2)cc1. The molecule has 4 heteroatoms. The minimum absolute atomic E-state index is 0.468. The summed E-state index contributed by atoms with van der Waals surface area (Å²) in [6, 6.07) is 13.3. The van der Waals surface area contributed by atoms with Crippen LogP contribution in [0.2, 0.25) is 0 Å². The highest BCUT2D eigenvalue weighted by Crippen LogP contribution is 2.30. The Balaban J connectivity index is 2.03. The van der Waals surface area contributed by atoms with E-state index in [0.29, 0.717) is 18.2 Å². The summed E-state index contributed by atoms with van der Waals surface area (Å²) in [5.41, 5.74) is 2.12. The Morgan fingerprint density at radius 1 is 1.00 bits per heavy atom. The van der Waals surface area contributed by atoms with Crippen LogP contribution in [0.25, 0.3) is 0 Å². The molecule has 0 unspecified atom stereocenters. The van der Waals surface area contributed by atoms with Gasteiger partial charge in [-0.1, -0.05) is 44.2 Å². The van der Waals surface area contributed by atoms with E-state index in [1.54, 1.807) is 6.07 Å². The molecule has 0 saturated carbocycles. The molecule has 2 aromatic rings. The van der Waals surface area contributed by atoms with Gasteiger partial charge in [0.25, 0.3) is 0 Å². The van der Waals surface area contributed by atoms with Crippen molar-refractivity contribution in [2.75, 3.05) is 5.32 Å². The molecule has 0 spiro atoms. The van der Waals surface area contributed by atoms with Crippen molar-refractivity contribution < 1.29 is 13.2 Å². The molecule has 112 valence electrons. The van der Waals surface area contributed by atoms with Crippen molar-refractivity contribution >= 4 is 5.69 Å². The Hall–Kier alpha value is -1.97. The minimum atomic E-state index is -4.31. The van der Waals surface area contributed by atoms with E-state index in [0.717, 1.165) is 17.7 Å². The van der Waals surface area contributed by atoms with Crippen LogP contribution >= 0.6 is 0 Å². The zero-order chi connectivity index (χ0) is 15.5. The highest BCUT2D eigenvalue weighted by atomic mass is 19.4. The maximum atomic E-state index is 12.6. The molecule has 0 atom stereocenters. The minimum Gasteiger partial charge on any atom is -0.381 e. The fourth-order valence-corrected chi connectivity index (χ4v) is 2.03. The second kappa shape index (κ2) is 6.20. The number of benzene rings is 2. The summed E-state index contributed by atoms with van der Waals surface area (Å²) in [7, 11) is 0. The summed E-state index contributed by atoms with van der Waals surface area (Å²) >= 11 is 0. The first-order valence-corrected chi connectivity index (χ1v) is 6.86. The third-order valence-electron chi connectivity index (χ3n) is 3.33. The molecular weight excluding hydrogens is 275 g/mol. The quantitative estimate of drug-likeness (QED) is 0.791. The lowest BCUT2D eigenvalue weighted by molar-refractivity contribution is -0.137. The first-order chi connectivity index (χ1) is 9.86. The van der Waals surface area contributed by atoms with Gasteiger partial charge in [-0.2, -0.15) is 13.2 Å². The normalized spacial score (nSPS) is 11.7. The molecule has 21 heavy (non-hydrogen) atoms. The Bertz CT molecular complexity index is 586. The summed E-state index contributed by atoms with van der Waals surface area (Å²) in [4.78, 5) is 0. The molecule has 0 radical (unpaired) electrons. The van der Waals surface area contributed by atoms with Gasteiger partial charge in [-0.25, -0.2) is 0 Å². The zero-order valence-electron chi connectivity index (χ0n) is 12.0. The largest absolute Gasteiger partial charge is 0.416 e. The molecule has 0 aliphatic carbocycles. The van der Waals surface area contributed by atoms with Gasteiger partial charge in [0.05, 0.1) is 5.56 Å². The smallest absolute Gasteiger partial charge is 0.381 e. The fraction of sp³-hybridized carbons (Fsp3) is 0.294. The van der Waals surface area contributed by atoms with Crippen LogP contribution in [0.3, 0.4) is 0 Å². The molecule has 0 heterocycles. The molecule has 0 bridgehead atoms. The van der Waals surface area contributed by atoms with E-state index in [4.69, 9.17) is 0 Å². The predicted molar refractivity (Wildman–Crippen MR) is 79.3 cm³/mol. The highest BCUT2D eigenvalue weighted by molar-refractivity contribution is 5.47. The number of nitrogens with one attached hydrogen (secondary N) is 1. The van der Waals surface area contributed by atoms with Gasteiger partial charge in [0.1, 0.15) is 0 Å². The van der Waals surface area contributed by atoms with E-state index >= 15 is 0 Å². The topological polar surface area (TPSA) is 12.0 Å². The average molecular weight is 293 g/mol. The summed E-state index contributed by atoms with van der Waals surface area (Å²) < 4.78 is 37.9. The molecule has 2 aromatic carbocycles. The lowest BCUT2D eigenvalue weighted by Crippen LogP contribution is -2.06. The molecule has 1 N–H and O–H groups in total. The maximum absolute atomic E-state index is 12.6. The Labute approximate surface area is 122 Å². The van der Waals surface area contributed by atoms with Crippen LogP contribution in [0.15, 0.2) is 48.5 Å². The number of rotatable bonds is 4. The van der Waals surface area contributed by atoms with E-state index < -0.39 is 11.7 Å². The number of halogens is 3. The van der Waals surface area contributed by atoms with Crippen LogP contribution in [-0.4, -0.2) is 0 Å². The highest BCUT2D eigenvalue weighted by Gasteiger charge is 2.30. The van der Waals surface area contributed by atoms with Crippen molar-refractivity contribution in [3.63, 3.8) is 0 Å². The van der Waals surface area contributed by atoms with E-state index in [2.05, 4.69) is 19.2 Å². The zero-order valence-corrected chi connectivity index (χ0v) is 12.0. The third kappa shape index (κ3) is 4.25. The number of alkyl halides is 3. The van der Waals surface area contributed by atoms with Gasteiger partial charge < -0.3 is 5.32 Å². The molecule has 1 nitrogen and oxygen atoms in total. The maximum Gasteiger partial charge on any atom is 0.416 e. The fourth-order valence-electron chi connectivity index (χ4n) is 2.03. The monoisotopic (exact) mass is 293 g/mol. The summed E-state index contributed by atoms with van der Waals surface area (Å²) in [6.07, 6.45) is -4.31. The molecule has 0 amide bonds. The summed E-state index contributed by atoms with van der Waals surface area (Å²) in [5, 5.41) is 3.02. The van der Waals surface area contributed by atoms with Gasteiger partial charge in [0, 0.05) is 12.2 Å². The first-order valence-electron chi connectivity index (χ1n) is 6.86. The summed E-state index contributed by atoms with van der Waals surface area (Å²) in [5.74, 6) is 0.468. The van der Waals surface area contributed by atoms with Crippen molar-refractivity contribution in [3.05, 3.63) is 65.2 Å². The van der Waals surface area contributed by atoms with E-state index in [9.17, 15) is 13.2 Å². The molecule has 2 rings (SSSR count). The Morgan fingerprint density at radius 3 is 2.24 bits per heavy atom.